The molecule has 49 heavy (non-hydrogen) atoms. The number of hydrogen-bond acceptors (Lipinski definition) is 4. The number of thiophene rings is 1. The van der Waals surface area contributed by atoms with Crippen LogP contribution in [0, 0.1) is 0 Å². The second-order valence-corrected chi connectivity index (χ2v) is 13.1. The highest BCUT2D eigenvalue weighted by Crippen LogP contribution is 2.42. The third-order valence-corrected chi connectivity index (χ3v) is 10.1. The summed E-state index contributed by atoms with van der Waals surface area (Å²) < 4.78 is 2.44. The fourth-order valence-corrected chi connectivity index (χ4v) is 7.68. The molecule has 9 aromatic rings. The third-order valence-electron chi connectivity index (χ3n) is 8.98. The molecule has 7 aromatic carbocycles. The maximum atomic E-state index is 5.08. The van der Waals surface area contributed by atoms with E-state index in [1.54, 1.807) is 11.3 Å². The van der Waals surface area contributed by atoms with Crippen molar-refractivity contribution < 1.29 is 0 Å². The van der Waals surface area contributed by atoms with E-state index in [-0.39, 0.29) is 0 Å². The Morgan fingerprint density at radius 3 is 1.41 bits per heavy atom. The van der Waals surface area contributed by atoms with Crippen molar-refractivity contribution in [3.8, 4) is 67.5 Å². The van der Waals surface area contributed by atoms with Crippen molar-refractivity contribution in [2.75, 3.05) is 0 Å². The van der Waals surface area contributed by atoms with E-state index in [0.29, 0.717) is 17.5 Å². The van der Waals surface area contributed by atoms with Crippen LogP contribution in [0.5, 0.6) is 0 Å². The average Bonchev–Trinajstić information content (AvgIpc) is 3.57. The number of nitrogens with zero attached hydrogens (tertiary/aromatic N) is 3. The molecular formula is C45H29N3S. The van der Waals surface area contributed by atoms with Crippen molar-refractivity contribution in [1.82, 2.24) is 15.0 Å². The molecule has 0 N–H and O–H groups in total. The van der Waals surface area contributed by atoms with Gasteiger partial charge in [-0.25, -0.2) is 15.0 Å². The van der Waals surface area contributed by atoms with Gasteiger partial charge >= 0.3 is 0 Å². The highest BCUT2D eigenvalue weighted by atomic mass is 32.1. The van der Waals surface area contributed by atoms with Crippen LogP contribution in [0.4, 0.5) is 0 Å². The maximum absolute atomic E-state index is 5.08. The number of rotatable bonds is 6. The summed E-state index contributed by atoms with van der Waals surface area (Å²) >= 11 is 1.80. The van der Waals surface area contributed by atoms with Gasteiger partial charge in [-0.2, -0.15) is 0 Å². The Kier molecular flexibility index (Phi) is 7.34. The van der Waals surface area contributed by atoms with Crippen molar-refractivity contribution >= 4 is 31.5 Å². The van der Waals surface area contributed by atoms with E-state index in [1.807, 2.05) is 60.7 Å². The van der Waals surface area contributed by atoms with Crippen LogP contribution in [-0.2, 0) is 0 Å². The van der Waals surface area contributed by atoms with Crippen LogP contribution in [0.25, 0.3) is 87.7 Å². The lowest BCUT2D eigenvalue weighted by Crippen LogP contribution is -2.00. The van der Waals surface area contributed by atoms with E-state index < -0.39 is 0 Å². The van der Waals surface area contributed by atoms with E-state index >= 15 is 0 Å². The Morgan fingerprint density at radius 1 is 0.306 bits per heavy atom. The zero-order chi connectivity index (χ0) is 32.6. The average molecular weight is 644 g/mol. The van der Waals surface area contributed by atoms with Gasteiger partial charge in [-0.15, -0.1) is 11.3 Å². The zero-order valence-electron chi connectivity index (χ0n) is 26.5. The van der Waals surface area contributed by atoms with E-state index in [9.17, 15) is 0 Å². The summed E-state index contributed by atoms with van der Waals surface area (Å²) in [5.41, 5.74) is 10.1. The number of hydrogen-bond donors (Lipinski definition) is 0. The molecule has 0 bridgehead atoms. The van der Waals surface area contributed by atoms with Crippen LogP contribution in [0.3, 0.4) is 0 Å². The van der Waals surface area contributed by atoms with Crippen LogP contribution in [0.15, 0.2) is 176 Å². The molecule has 0 aliphatic rings. The van der Waals surface area contributed by atoms with E-state index in [4.69, 9.17) is 15.0 Å². The van der Waals surface area contributed by atoms with Gasteiger partial charge in [0.25, 0.3) is 0 Å². The number of fused-ring (bicyclic) bond motifs is 3. The summed E-state index contributed by atoms with van der Waals surface area (Å²) in [6.45, 7) is 0. The highest BCUT2D eigenvalue weighted by Gasteiger charge is 2.18. The summed E-state index contributed by atoms with van der Waals surface area (Å²) in [5.74, 6) is 1.99. The van der Waals surface area contributed by atoms with E-state index in [2.05, 4.69) is 115 Å². The largest absolute Gasteiger partial charge is 0.208 e. The van der Waals surface area contributed by atoms with Gasteiger partial charge in [-0.3, -0.25) is 0 Å². The van der Waals surface area contributed by atoms with Crippen molar-refractivity contribution in [2.45, 2.75) is 0 Å². The molecule has 0 radical (unpaired) electrons. The molecule has 0 saturated heterocycles. The van der Waals surface area contributed by atoms with Gasteiger partial charge in [0.2, 0.25) is 0 Å². The van der Waals surface area contributed by atoms with Gasteiger partial charge < -0.3 is 0 Å². The summed E-state index contributed by atoms with van der Waals surface area (Å²) in [6.07, 6.45) is 0. The summed E-state index contributed by atoms with van der Waals surface area (Å²) in [4.78, 5) is 15.1. The van der Waals surface area contributed by atoms with Gasteiger partial charge in [0.05, 0.1) is 0 Å². The topological polar surface area (TPSA) is 38.7 Å². The molecule has 0 atom stereocenters. The van der Waals surface area contributed by atoms with Crippen molar-refractivity contribution in [2.24, 2.45) is 0 Å². The number of aromatic nitrogens is 3. The lowest BCUT2D eigenvalue weighted by atomic mass is 9.92. The van der Waals surface area contributed by atoms with E-state index in [1.165, 1.54) is 53.6 Å². The Bertz CT molecular complexity index is 2520. The first kappa shape index (κ1) is 29.0. The lowest BCUT2D eigenvalue weighted by molar-refractivity contribution is 1.08. The highest BCUT2D eigenvalue weighted by molar-refractivity contribution is 7.26. The Morgan fingerprint density at radius 2 is 0.776 bits per heavy atom. The van der Waals surface area contributed by atoms with E-state index in [0.717, 1.165) is 16.7 Å². The van der Waals surface area contributed by atoms with Crippen LogP contribution >= 0.6 is 11.3 Å². The van der Waals surface area contributed by atoms with Gasteiger partial charge in [-0.1, -0.05) is 158 Å². The third kappa shape index (κ3) is 5.48. The normalized spacial score (nSPS) is 11.3. The minimum absolute atomic E-state index is 0.661. The molecule has 0 spiro atoms. The molecule has 0 aliphatic heterocycles. The quantitative estimate of drug-likeness (QED) is 0.181. The van der Waals surface area contributed by atoms with Crippen molar-refractivity contribution in [1.29, 1.82) is 0 Å². The summed E-state index contributed by atoms with van der Waals surface area (Å²) in [6, 6.07) is 61.7. The Balaban J connectivity index is 1.19. The SMILES string of the molecule is c1ccc(-c2ccc(-c3ccccc3-c3ccc4sc5cccc(-c6nc(-c7ccccc7)nc(-c7ccccc7)n6)c5c4c3)cc2)cc1. The minimum Gasteiger partial charge on any atom is -0.208 e. The van der Waals surface area contributed by atoms with Crippen LogP contribution in [0.2, 0.25) is 0 Å². The lowest BCUT2D eigenvalue weighted by Gasteiger charge is -2.12. The second kappa shape index (κ2) is 12.4. The molecule has 0 unspecified atom stereocenters. The van der Waals surface area contributed by atoms with Crippen LogP contribution in [-0.4, -0.2) is 15.0 Å². The standard InChI is InChI=1S/C45H29N3S/c1-4-13-30(14-5-1)31-23-25-32(26-24-31)36-19-10-11-20-37(36)35-27-28-40-39(29-35)42-38(21-12-22-41(42)49-40)45-47-43(33-15-6-2-7-16-33)46-44(48-45)34-17-8-3-9-18-34/h1-29H. The first-order valence-electron chi connectivity index (χ1n) is 16.4. The molecular weight excluding hydrogens is 615 g/mol. The molecule has 2 heterocycles. The van der Waals surface area contributed by atoms with Crippen molar-refractivity contribution in [3.05, 3.63) is 176 Å². The van der Waals surface area contributed by atoms with Crippen molar-refractivity contribution in [3.63, 3.8) is 0 Å². The fourth-order valence-electron chi connectivity index (χ4n) is 6.57. The summed E-state index contributed by atoms with van der Waals surface area (Å²) in [7, 11) is 0. The van der Waals surface area contributed by atoms with Gasteiger partial charge in [0.15, 0.2) is 17.5 Å². The maximum Gasteiger partial charge on any atom is 0.164 e. The molecule has 0 fully saturated rings. The van der Waals surface area contributed by atoms with Gasteiger partial charge in [0.1, 0.15) is 0 Å². The van der Waals surface area contributed by atoms with Crippen LogP contribution in [0.1, 0.15) is 0 Å². The predicted octanol–water partition coefficient (Wildman–Crippen LogP) is 12.2. The molecule has 0 amide bonds. The minimum atomic E-state index is 0.661. The zero-order valence-corrected chi connectivity index (χ0v) is 27.3. The van der Waals surface area contributed by atoms with Gasteiger partial charge in [-0.05, 0) is 51.6 Å². The molecule has 3 nitrogen and oxygen atoms in total. The smallest absolute Gasteiger partial charge is 0.164 e. The Labute approximate surface area is 288 Å². The molecule has 0 saturated carbocycles. The van der Waals surface area contributed by atoms with Gasteiger partial charge in [0, 0.05) is 36.9 Å². The monoisotopic (exact) mass is 643 g/mol. The molecule has 4 heteroatoms. The first-order chi connectivity index (χ1) is 24.3. The molecule has 9 rings (SSSR count). The molecule has 230 valence electrons. The number of benzene rings is 7. The summed E-state index contributed by atoms with van der Waals surface area (Å²) in [5, 5.41) is 2.36. The van der Waals surface area contributed by atoms with Crippen LogP contribution < -0.4 is 0 Å². The Hall–Kier alpha value is -6.23. The molecule has 0 aliphatic carbocycles. The second-order valence-electron chi connectivity index (χ2n) is 12.0. The fraction of sp³-hybridized carbons (Fsp3) is 0. The first-order valence-corrected chi connectivity index (χ1v) is 17.2. The predicted molar refractivity (Wildman–Crippen MR) is 205 cm³/mol. The molecule has 2 aromatic heterocycles.